The average molecular weight is 467 g/mol. The molecule has 4 heteroatoms. The van der Waals surface area contributed by atoms with Crippen LogP contribution in [0, 0.1) is 31.6 Å². The van der Waals surface area contributed by atoms with Crippen LogP contribution in [-0.4, -0.2) is 23.9 Å². The molecule has 0 atom stereocenters. The van der Waals surface area contributed by atoms with Crippen LogP contribution < -0.4 is 0 Å². The Hall–Kier alpha value is -3.14. The van der Waals surface area contributed by atoms with Gasteiger partial charge in [0.1, 0.15) is 0 Å². The molecule has 0 amide bonds. The van der Waals surface area contributed by atoms with Gasteiger partial charge in [-0.05, 0) is 124 Å². The summed E-state index contributed by atoms with van der Waals surface area (Å²) in [6, 6.07) is 18.8. The van der Waals surface area contributed by atoms with E-state index in [-0.39, 0.29) is 5.97 Å². The van der Waals surface area contributed by atoms with E-state index in [9.17, 15) is 4.79 Å². The maximum atomic E-state index is 11.8. The predicted octanol–water partition coefficient (Wildman–Crippen LogP) is 7.10. The van der Waals surface area contributed by atoms with Crippen LogP contribution in [0.1, 0.15) is 71.4 Å². The molecule has 1 heterocycles. The number of carbonyl (C=O) groups is 1. The molecule has 0 N–H and O–H groups in total. The van der Waals surface area contributed by atoms with Gasteiger partial charge < -0.3 is 9.30 Å². The van der Waals surface area contributed by atoms with E-state index in [1.807, 2.05) is 18.3 Å². The topological polar surface area (TPSA) is 43.6 Å². The molecule has 7 rings (SSSR count). The molecular weight excluding hydrogens is 432 g/mol. The van der Waals surface area contributed by atoms with Gasteiger partial charge in [0.05, 0.1) is 18.4 Å². The lowest BCUT2D eigenvalue weighted by molar-refractivity contribution is -0.00518. The summed E-state index contributed by atoms with van der Waals surface area (Å²) in [7, 11) is 1.40. The second-order valence-electron chi connectivity index (χ2n) is 11.2. The van der Waals surface area contributed by atoms with Crippen molar-refractivity contribution in [2.75, 3.05) is 7.11 Å². The number of esters is 1. The SMILES string of the molecule is COC(=O)c1ccc(-n2c(C)cc(C=Nc3ccc(C45CC6CC(CC(C6)C4)C5)cc3)c2C)cc1. The first kappa shape index (κ1) is 22.3. The van der Waals surface area contributed by atoms with Gasteiger partial charge in [0.2, 0.25) is 0 Å². The van der Waals surface area contributed by atoms with Crippen LogP contribution in [0.25, 0.3) is 5.69 Å². The smallest absolute Gasteiger partial charge is 0.337 e. The largest absolute Gasteiger partial charge is 0.465 e. The molecule has 35 heavy (non-hydrogen) atoms. The number of hydrogen-bond acceptors (Lipinski definition) is 3. The number of nitrogens with zero attached hydrogens (tertiary/aromatic N) is 2. The Morgan fingerprint density at radius 3 is 2.11 bits per heavy atom. The quantitative estimate of drug-likeness (QED) is 0.297. The lowest BCUT2D eigenvalue weighted by Gasteiger charge is -2.57. The molecule has 4 aliphatic carbocycles. The Bertz CT molecular complexity index is 1250. The van der Waals surface area contributed by atoms with Gasteiger partial charge in [-0.2, -0.15) is 0 Å². The Balaban J connectivity index is 1.21. The summed E-state index contributed by atoms with van der Waals surface area (Å²) in [6.45, 7) is 4.21. The lowest BCUT2D eigenvalue weighted by Crippen LogP contribution is -2.48. The van der Waals surface area contributed by atoms with Crippen LogP contribution in [0.2, 0.25) is 0 Å². The minimum atomic E-state index is -0.320. The number of rotatable bonds is 5. The number of benzene rings is 2. The van der Waals surface area contributed by atoms with E-state index >= 15 is 0 Å². The second kappa shape index (κ2) is 8.51. The number of aromatic nitrogens is 1. The van der Waals surface area contributed by atoms with E-state index in [4.69, 9.17) is 9.73 Å². The van der Waals surface area contributed by atoms with Crippen LogP contribution in [0.15, 0.2) is 59.6 Å². The normalized spacial score (nSPS) is 27.0. The molecule has 180 valence electrons. The van der Waals surface area contributed by atoms with Gasteiger partial charge in [-0.25, -0.2) is 4.79 Å². The van der Waals surface area contributed by atoms with Crippen LogP contribution in [-0.2, 0) is 10.2 Å². The van der Waals surface area contributed by atoms with Crippen molar-refractivity contribution in [1.29, 1.82) is 0 Å². The molecule has 0 radical (unpaired) electrons. The Morgan fingerprint density at radius 2 is 1.54 bits per heavy atom. The zero-order valence-electron chi connectivity index (χ0n) is 21.0. The van der Waals surface area contributed by atoms with E-state index in [1.165, 1.54) is 45.6 Å². The third kappa shape index (κ3) is 3.93. The van der Waals surface area contributed by atoms with Gasteiger partial charge >= 0.3 is 5.97 Å². The minimum Gasteiger partial charge on any atom is -0.465 e. The third-order valence-electron chi connectivity index (χ3n) is 8.89. The number of aliphatic imine (C=N–C) groups is 1. The van der Waals surface area contributed by atoms with Gasteiger partial charge in [-0.3, -0.25) is 4.99 Å². The monoisotopic (exact) mass is 466 g/mol. The van der Waals surface area contributed by atoms with Crippen LogP contribution in [0.4, 0.5) is 5.69 Å². The van der Waals surface area contributed by atoms with Crippen molar-refractivity contribution in [1.82, 2.24) is 4.57 Å². The van der Waals surface area contributed by atoms with Crippen molar-refractivity contribution in [3.63, 3.8) is 0 Å². The number of aryl methyl sites for hydroxylation is 1. The maximum absolute atomic E-state index is 11.8. The van der Waals surface area contributed by atoms with Gasteiger partial charge in [0.15, 0.2) is 0 Å². The second-order valence-corrected chi connectivity index (χ2v) is 11.2. The Morgan fingerprint density at radius 1 is 0.943 bits per heavy atom. The summed E-state index contributed by atoms with van der Waals surface area (Å²) < 4.78 is 7.00. The number of hydrogen-bond donors (Lipinski definition) is 0. The molecule has 1 aromatic heterocycles. The maximum Gasteiger partial charge on any atom is 0.337 e. The van der Waals surface area contributed by atoms with Crippen molar-refractivity contribution in [2.45, 2.75) is 57.8 Å². The van der Waals surface area contributed by atoms with E-state index in [0.717, 1.165) is 46.1 Å². The number of methoxy groups -OCH3 is 1. The summed E-state index contributed by atoms with van der Waals surface area (Å²) in [4.78, 5) is 16.6. The van der Waals surface area contributed by atoms with Crippen LogP contribution in [0.3, 0.4) is 0 Å². The highest BCUT2D eigenvalue weighted by Crippen LogP contribution is 2.60. The van der Waals surface area contributed by atoms with E-state index in [0.29, 0.717) is 11.0 Å². The molecule has 4 bridgehead atoms. The molecule has 4 nitrogen and oxygen atoms in total. The highest BCUT2D eigenvalue weighted by Gasteiger charge is 2.51. The number of ether oxygens (including phenoxy) is 1. The zero-order chi connectivity index (χ0) is 24.2. The fourth-order valence-corrected chi connectivity index (χ4v) is 7.69. The van der Waals surface area contributed by atoms with Crippen molar-refractivity contribution in [3.8, 4) is 5.69 Å². The summed E-state index contributed by atoms with van der Waals surface area (Å²) in [6.07, 6.45) is 10.6. The molecule has 4 saturated carbocycles. The van der Waals surface area contributed by atoms with Crippen LogP contribution in [0.5, 0.6) is 0 Å². The van der Waals surface area contributed by atoms with Crippen molar-refractivity contribution < 1.29 is 9.53 Å². The van der Waals surface area contributed by atoms with Gasteiger partial charge in [-0.1, -0.05) is 12.1 Å². The van der Waals surface area contributed by atoms with Crippen molar-refractivity contribution >= 4 is 17.9 Å². The van der Waals surface area contributed by atoms with Gasteiger partial charge in [-0.15, -0.1) is 0 Å². The third-order valence-corrected chi connectivity index (χ3v) is 8.89. The van der Waals surface area contributed by atoms with Crippen LogP contribution >= 0.6 is 0 Å². The van der Waals surface area contributed by atoms with Crippen molar-refractivity contribution in [3.05, 3.63) is 82.7 Å². The minimum absolute atomic E-state index is 0.320. The molecule has 4 fully saturated rings. The molecule has 0 aliphatic heterocycles. The fraction of sp³-hybridized carbons (Fsp3) is 0.419. The summed E-state index contributed by atoms with van der Waals surface area (Å²) in [5, 5.41) is 0. The highest BCUT2D eigenvalue weighted by atomic mass is 16.5. The Labute approximate surface area is 208 Å². The molecule has 0 unspecified atom stereocenters. The predicted molar refractivity (Wildman–Crippen MR) is 140 cm³/mol. The highest BCUT2D eigenvalue weighted by molar-refractivity contribution is 5.89. The Kier molecular flexibility index (Phi) is 5.43. The molecule has 0 saturated heterocycles. The molecule has 4 aliphatic rings. The molecule has 0 spiro atoms. The molecule has 2 aromatic carbocycles. The van der Waals surface area contributed by atoms with E-state index in [1.54, 1.807) is 17.7 Å². The van der Waals surface area contributed by atoms with Crippen molar-refractivity contribution in [2.24, 2.45) is 22.7 Å². The first-order chi connectivity index (χ1) is 16.9. The number of carbonyl (C=O) groups excluding carboxylic acids is 1. The first-order valence-corrected chi connectivity index (χ1v) is 13.0. The lowest BCUT2D eigenvalue weighted by atomic mass is 9.48. The summed E-state index contributed by atoms with van der Waals surface area (Å²) in [5.41, 5.74) is 7.92. The van der Waals surface area contributed by atoms with Gasteiger partial charge in [0.25, 0.3) is 0 Å². The van der Waals surface area contributed by atoms with E-state index in [2.05, 4.69) is 48.7 Å². The zero-order valence-corrected chi connectivity index (χ0v) is 21.0. The first-order valence-electron chi connectivity index (χ1n) is 13.0. The fourth-order valence-electron chi connectivity index (χ4n) is 7.69. The van der Waals surface area contributed by atoms with Gasteiger partial charge in [0, 0.05) is 28.9 Å². The summed E-state index contributed by atoms with van der Waals surface area (Å²) in [5.74, 6) is 2.57. The average Bonchev–Trinajstić information content (AvgIpc) is 3.14. The molecular formula is C31H34N2O2. The standard InChI is InChI=1S/C31H34N2O2/c1-20-12-26(21(2)33(20)29-10-4-25(5-11-29)30(34)35-3)19-32-28-8-6-27(7-9-28)31-16-22-13-23(17-31)15-24(14-22)18-31/h4-12,19,22-24H,13-18H2,1-3H3. The summed E-state index contributed by atoms with van der Waals surface area (Å²) >= 11 is 0. The molecule has 3 aromatic rings. The van der Waals surface area contributed by atoms with E-state index < -0.39 is 0 Å².